The third-order valence-electron chi connectivity index (χ3n) is 2.71. The van der Waals surface area contributed by atoms with Crippen molar-refractivity contribution in [1.82, 2.24) is 0 Å². The number of halogens is 1. The fourth-order valence-electron chi connectivity index (χ4n) is 1.70. The van der Waals surface area contributed by atoms with E-state index < -0.39 is 4.92 Å². The average molecular weight is 294 g/mol. The number of aliphatic hydroxyl groups excluding tert-OH is 1. The minimum Gasteiger partial charge on any atom is -0.449 e. The van der Waals surface area contributed by atoms with E-state index in [4.69, 9.17) is 21.4 Å². The van der Waals surface area contributed by atoms with Crippen molar-refractivity contribution >= 4 is 17.3 Å². The molecule has 0 unspecified atom stereocenters. The smallest absolute Gasteiger partial charge is 0.311 e. The van der Waals surface area contributed by atoms with Crippen LogP contribution < -0.4 is 4.74 Å². The van der Waals surface area contributed by atoms with E-state index >= 15 is 0 Å². The van der Waals surface area contributed by atoms with Crippen LogP contribution in [0.2, 0.25) is 5.02 Å². The van der Waals surface area contributed by atoms with E-state index in [1.54, 1.807) is 18.2 Å². The first kappa shape index (κ1) is 14.3. The van der Waals surface area contributed by atoms with E-state index in [0.717, 1.165) is 5.56 Å². The summed E-state index contributed by atoms with van der Waals surface area (Å²) in [7, 11) is 0. The SMILES string of the molecule is Cc1ccc(Cl)c(Oc2ccc(CO)cc2[N+](=O)[O-])c1. The van der Waals surface area contributed by atoms with Crippen LogP contribution in [0.25, 0.3) is 0 Å². The molecule has 0 aliphatic rings. The molecule has 5 nitrogen and oxygen atoms in total. The molecule has 0 spiro atoms. The lowest BCUT2D eigenvalue weighted by atomic mass is 10.2. The van der Waals surface area contributed by atoms with Crippen molar-refractivity contribution in [3.05, 3.63) is 62.7 Å². The molecule has 0 aliphatic carbocycles. The fourth-order valence-corrected chi connectivity index (χ4v) is 1.85. The maximum atomic E-state index is 11.0. The summed E-state index contributed by atoms with van der Waals surface area (Å²) in [6.45, 7) is 1.60. The summed E-state index contributed by atoms with van der Waals surface area (Å²) in [5, 5.41) is 20.4. The van der Waals surface area contributed by atoms with Gasteiger partial charge in [-0.2, -0.15) is 0 Å². The second-order valence-electron chi connectivity index (χ2n) is 4.25. The van der Waals surface area contributed by atoms with Gasteiger partial charge in [-0.05, 0) is 36.2 Å². The van der Waals surface area contributed by atoms with Crippen LogP contribution in [0.4, 0.5) is 5.69 Å². The lowest BCUT2D eigenvalue weighted by Crippen LogP contribution is -1.96. The van der Waals surface area contributed by atoms with Gasteiger partial charge in [0.15, 0.2) is 0 Å². The molecule has 0 saturated heterocycles. The van der Waals surface area contributed by atoms with E-state index in [2.05, 4.69) is 0 Å². The van der Waals surface area contributed by atoms with Crippen molar-refractivity contribution in [3.8, 4) is 11.5 Å². The number of benzene rings is 2. The number of hydrogen-bond acceptors (Lipinski definition) is 4. The average Bonchev–Trinajstić information content (AvgIpc) is 2.43. The Morgan fingerprint density at radius 2 is 2.00 bits per heavy atom. The van der Waals surface area contributed by atoms with E-state index in [1.807, 2.05) is 13.0 Å². The highest BCUT2D eigenvalue weighted by Gasteiger charge is 2.17. The maximum Gasteiger partial charge on any atom is 0.311 e. The topological polar surface area (TPSA) is 72.6 Å². The van der Waals surface area contributed by atoms with Crippen molar-refractivity contribution in [2.75, 3.05) is 0 Å². The molecule has 0 heterocycles. The Bertz CT molecular complexity index is 658. The Hall–Kier alpha value is -2.11. The van der Waals surface area contributed by atoms with Crippen LogP contribution in [0.5, 0.6) is 11.5 Å². The van der Waals surface area contributed by atoms with Gasteiger partial charge < -0.3 is 9.84 Å². The second-order valence-corrected chi connectivity index (χ2v) is 4.66. The minimum absolute atomic E-state index is 0.0831. The molecular weight excluding hydrogens is 282 g/mol. The number of nitro benzene ring substituents is 1. The maximum absolute atomic E-state index is 11.0. The number of aryl methyl sites for hydroxylation is 1. The number of nitrogens with zero attached hydrogens (tertiary/aromatic N) is 1. The van der Waals surface area contributed by atoms with Crippen LogP contribution in [0.15, 0.2) is 36.4 Å². The highest BCUT2D eigenvalue weighted by Crippen LogP contribution is 2.35. The Kier molecular flexibility index (Phi) is 4.22. The van der Waals surface area contributed by atoms with Gasteiger partial charge in [0.1, 0.15) is 5.75 Å². The molecule has 1 N–H and O–H groups in total. The summed E-state index contributed by atoms with van der Waals surface area (Å²) in [5.41, 5.74) is 1.16. The minimum atomic E-state index is -0.557. The van der Waals surface area contributed by atoms with Crippen molar-refractivity contribution in [3.63, 3.8) is 0 Å². The van der Waals surface area contributed by atoms with Gasteiger partial charge in [0.2, 0.25) is 5.75 Å². The molecule has 2 aromatic rings. The van der Waals surface area contributed by atoms with Crippen LogP contribution in [0.3, 0.4) is 0 Å². The van der Waals surface area contributed by atoms with Gasteiger partial charge >= 0.3 is 5.69 Å². The van der Waals surface area contributed by atoms with Crippen LogP contribution >= 0.6 is 11.6 Å². The predicted octanol–water partition coefficient (Wildman–Crippen LogP) is 3.84. The molecule has 2 rings (SSSR count). The van der Waals surface area contributed by atoms with Crippen LogP contribution in [-0.2, 0) is 6.61 Å². The summed E-state index contributed by atoms with van der Waals surface area (Å²) in [6, 6.07) is 9.47. The Morgan fingerprint density at radius 3 is 2.65 bits per heavy atom. The summed E-state index contributed by atoms with van der Waals surface area (Å²) >= 11 is 6.00. The normalized spacial score (nSPS) is 10.3. The van der Waals surface area contributed by atoms with E-state index in [1.165, 1.54) is 12.1 Å². The lowest BCUT2D eigenvalue weighted by Gasteiger charge is -2.09. The van der Waals surface area contributed by atoms with E-state index in [-0.39, 0.29) is 18.0 Å². The standard InChI is InChI=1S/C14H12ClNO4/c1-9-2-4-11(15)14(6-9)20-13-5-3-10(8-17)7-12(13)16(18)19/h2-7,17H,8H2,1H3. The zero-order chi connectivity index (χ0) is 14.7. The van der Waals surface area contributed by atoms with Gasteiger partial charge in [0.05, 0.1) is 16.6 Å². The molecule has 2 aromatic carbocycles. The quantitative estimate of drug-likeness (QED) is 0.686. The van der Waals surface area contributed by atoms with Gasteiger partial charge in [0.25, 0.3) is 0 Å². The number of aliphatic hydroxyl groups is 1. The molecule has 0 atom stereocenters. The second kappa shape index (κ2) is 5.90. The van der Waals surface area contributed by atoms with Crippen LogP contribution in [0.1, 0.15) is 11.1 Å². The van der Waals surface area contributed by atoms with Crippen LogP contribution in [-0.4, -0.2) is 10.0 Å². The number of ether oxygens (including phenoxy) is 1. The Balaban J connectivity index is 2.42. The van der Waals surface area contributed by atoms with Gasteiger partial charge in [-0.1, -0.05) is 23.7 Å². The predicted molar refractivity (Wildman–Crippen MR) is 75.3 cm³/mol. The summed E-state index contributed by atoms with van der Waals surface area (Å²) in [6.07, 6.45) is 0. The lowest BCUT2D eigenvalue weighted by molar-refractivity contribution is -0.385. The van der Waals surface area contributed by atoms with Gasteiger partial charge in [0, 0.05) is 6.07 Å². The summed E-state index contributed by atoms with van der Waals surface area (Å²) < 4.78 is 5.53. The molecule has 6 heteroatoms. The van der Waals surface area contributed by atoms with Crippen molar-refractivity contribution in [2.45, 2.75) is 13.5 Å². The van der Waals surface area contributed by atoms with Gasteiger partial charge in [-0.25, -0.2) is 0 Å². The van der Waals surface area contributed by atoms with Crippen LogP contribution in [0, 0.1) is 17.0 Å². The molecule has 0 aliphatic heterocycles. The first-order valence-electron chi connectivity index (χ1n) is 5.83. The fraction of sp³-hybridized carbons (Fsp3) is 0.143. The molecule has 0 bridgehead atoms. The number of rotatable bonds is 4. The monoisotopic (exact) mass is 293 g/mol. The molecule has 0 radical (unpaired) electrons. The zero-order valence-electron chi connectivity index (χ0n) is 10.7. The molecule has 0 aromatic heterocycles. The highest BCUT2D eigenvalue weighted by atomic mass is 35.5. The largest absolute Gasteiger partial charge is 0.449 e. The highest BCUT2D eigenvalue weighted by molar-refractivity contribution is 6.32. The molecule has 20 heavy (non-hydrogen) atoms. The van der Waals surface area contributed by atoms with Gasteiger partial charge in [-0.3, -0.25) is 10.1 Å². The third-order valence-corrected chi connectivity index (χ3v) is 3.02. The van der Waals surface area contributed by atoms with Crippen molar-refractivity contribution < 1.29 is 14.8 Å². The first-order valence-corrected chi connectivity index (χ1v) is 6.21. The Labute approximate surface area is 120 Å². The summed E-state index contributed by atoms with van der Waals surface area (Å²) in [5.74, 6) is 0.436. The molecule has 0 fully saturated rings. The summed E-state index contributed by atoms with van der Waals surface area (Å²) in [4.78, 5) is 10.5. The van der Waals surface area contributed by atoms with E-state index in [9.17, 15) is 10.1 Å². The van der Waals surface area contributed by atoms with Crippen molar-refractivity contribution in [1.29, 1.82) is 0 Å². The molecular formula is C14H12ClNO4. The Morgan fingerprint density at radius 1 is 1.25 bits per heavy atom. The molecule has 0 saturated carbocycles. The zero-order valence-corrected chi connectivity index (χ0v) is 11.4. The molecule has 0 amide bonds. The third kappa shape index (κ3) is 3.07. The number of nitro groups is 1. The van der Waals surface area contributed by atoms with Gasteiger partial charge in [-0.15, -0.1) is 0 Å². The van der Waals surface area contributed by atoms with Crippen molar-refractivity contribution in [2.24, 2.45) is 0 Å². The first-order chi connectivity index (χ1) is 9.51. The number of hydrogen-bond donors (Lipinski definition) is 1. The molecule has 104 valence electrons. The van der Waals surface area contributed by atoms with E-state index in [0.29, 0.717) is 16.3 Å².